The van der Waals surface area contributed by atoms with Crippen LogP contribution >= 0.6 is 11.6 Å². The third kappa shape index (κ3) is 4.35. The van der Waals surface area contributed by atoms with Gasteiger partial charge in [-0.2, -0.15) is 27.8 Å². The Morgan fingerprint density at radius 3 is 2.71 bits per heavy atom. The van der Waals surface area contributed by atoms with Gasteiger partial charge in [0.05, 0.1) is 10.6 Å². The van der Waals surface area contributed by atoms with Gasteiger partial charge >= 0.3 is 11.9 Å². The first kappa shape index (κ1) is 21.5. The number of hydrogen-bond donors (Lipinski definition) is 1. The van der Waals surface area contributed by atoms with E-state index in [9.17, 15) is 26.7 Å². The van der Waals surface area contributed by atoms with Gasteiger partial charge in [-0.3, -0.25) is 4.98 Å². The van der Waals surface area contributed by atoms with E-state index in [4.69, 9.17) is 16.3 Å². The highest BCUT2D eigenvalue weighted by Crippen LogP contribution is 2.38. The molecule has 1 aliphatic rings. The predicted molar refractivity (Wildman–Crippen MR) is 98.1 cm³/mol. The molecule has 0 aliphatic carbocycles. The van der Waals surface area contributed by atoms with Crippen molar-refractivity contribution in [2.24, 2.45) is 0 Å². The number of aromatic nitrogens is 4. The number of hydrogen-bond acceptors (Lipinski definition) is 5. The SMILES string of the molecule is O=c1[nH]c(OCC(F)(F)F)nc2c(-c3cc(F)c(F)c(Cl)c3)c(C3CCCCO3)nn12. The van der Waals surface area contributed by atoms with E-state index in [0.29, 0.717) is 13.0 Å². The molecular formula is C18H14ClF5N4O3. The minimum Gasteiger partial charge on any atom is -0.455 e. The number of nitrogens with zero attached hydrogens (tertiary/aromatic N) is 3. The zero-order chi connectivity index (χ0) is 22.3. The van der Waals surface area contributed by atoms with Crippen LogP contribution in [0.5, 0.6) is 6.01 Å². The van der Waals surface area contributed by atoms with Crippen LogP contribution in [-0.4, -0.2) is 39.0 Å². The number of benzene rings is 1. The summed E-state index contributed by atoms with van der Waals surface area (Å²) in [6.07, 6.45) is -3.12. The molecule has 0 bridgehead atoms. The molecule has 1 N–H and O–H groups in total. The summed E-state index contributed by atoms with van der Waals surface area (Å²) in [6.45, 7) is -1.27. The molecule has 1 aromatic carbocycles. The molecule has 3 heterocycles. The lowest BCUT2D eigenvalue weighted by Gasteiger charge is -2.21. The smallest absolute Gasteiger partial charge is 0.422 e. The number of halogens is 6. The number of ether oxygens (including phenoxy) is 2. The van der Waals surface area contributed by atoms with Crippen LogP contribution in [0.25, 0.3) is 16.8 Å². The highest BCUT2D eigenvalue weighted by molar-refractivity contribution is 6.31. The Morgan fingerprint density at radius 2 is 2.06 bits per heavy atom. The summed E-state index contributed by atoms with van der Waals surface area (Å²) in [5, 5.41) is 3.67. The van der Waals surface area contributed by atoms with Crippen molar-refractivity contribution in [3.05, 3.63) is 45.0 Å². The second-order valence-corrected chi connectivity index (χ2v) is 7.26. The Labute approximate surface area is 175 Å². The number of aromatic amines is 1. The Balaban J connectivity index is 1.93. The van der Waals surface area contributed by atoms with E-state index < -0.39 is 47.2 Å². The van der Waals surface area contributed by atoms with Crippen molar-refractivity contribution < 1.29 is 31.4 Å². The average Bonchev–Trinajstić information content (AvgIpc) is 3.10. The largest absolute Gasteiger partial charge is 0.455 e. The van der Waals surface area contributed by atoms with Gasteiger partial charge in [-0.1, -0.05) is 11.6 Å². The molecule has 3 aromatic rings. The van der Waals surface area contributed by atoms with Gasteiger partial charge in [-0.25, -0.2) is 13.6 Å². The van der Waals surface area contributed by atoms with Crippen LogP contribution in [0.4, 0.5) is 22.0 Å². The number of alkyl halides is 3. The molecule has 1 fully saturated rings. The van der Waals surface area contributed by atoms with Gasteiger partial charge in [0.15, 0.2) is 23.9 Å². The molecule has 13 heteroatoms. The zero-order valence-corrected chi connectivity index (χ0v) is 16.4. The number of H-pyrrole nitrogens is 1. The molecule has 0 radical (unpaired) electrons. The van der Waals surface area contributed by atoms with Crippen LogP contribution in [0.2, 0.25) is 5.02 Å². The van der Waals surface area contributed by atoms with E-state index in [-0.39, 0.29) is 22.5 Å². The minimum atomic E-state index is -4.66. The summed E-state index contributed by atoms with van der Waals surface area (Å²) < 4.78 is 76.3. The predicted octanol–water partition coefficient (Wildman–Crippen LogP) is 4.20. The van der Waals surface area contributed by atoms with Crippen LogP contribution < -0.4 is 10.4 Å². The van der Waals surface area contributed by atoms with Gasteiger partial charge in [-0.05, 0) is 37.0 Å². The normalized spacial score (nSPS) is 17.3. The maximum absolute atomic E-state index is 14.1. The summed E-state index contributed by atoms with van der Waals surface area (Å²) in [5.74, 6) is -2.52. The van der Waals surface area contributed by atoms with E-state index in [1.165, 1.54) is 0 Å². The van der Waals surface area contributed by atoms with Crippen LogP contribution in [0.15, 0.2) is 16.9 Å². The molecular weight excluding hydrogens is 451 g/mol. The van der Waals surface area contributed by atoms with E-state index in [2.05, 4.69) is 19.8 Å². The molecule has 31 heavy (non-hydrogen) atoms. The van der Waals surface area contributed by atoms with Crippen LogP contribution in [-0.2, 0) is 4.74 Å². The Bertz CT molecular complexity index is 1160. The van der Waals surface area contributed by atoms with Crippen molar-refractivity contribution in [1.82, 2.24) is 19.6 Å². The van der Waals surface area contributed by atoms with Gasteiger partial charge in [0.2, 0.25) is 0 Å². The zero-order valence-electron chi connectivity index (χ0n) is 15.6. The highest BCUT2D eigenvalue weighted by atomic mass is 35.5. The first-order valence-corrected chi connectivity index (χ1v) is 9.51. The standard InChI is InChI=1S/C18H14ClF5N4O3/c19-9-5-8(6-10(20)13(9)21)12-14(11-3-1-2-4-30-11)27-28-15(12)25-16(26-17(28)29)31-7-18(22,23)24/h5-6,11H,1-4,7H2,(H,25,26,29). The van der Waals surface area contributed by atoms with Gasteiger partial charge in [0.25, 0.3) is 6.01 Å². The summed E-state index contributed by atoms with van der Waals surface area (Å²) >= 11 is 5.78. The molecule has 4 rings (SSSR count). The Kier molecular flexibility index (Phi) is 5.60. The molecule has 2 aromatic heterocycles. The molecule has 1 aliphatic heterocycles. The second kappa shape index (κ2) is 8.08. The lowest BCUT2D eigenvalue weighted by Crippen LogP contribution is -2.24. The van der Waals surface area contributed by atoms with E-state index in [1.807, 2.05) is 0 Å². The highest BCUT2D eigenvalue weighted by Gasteiger charge is 2.31. The van der Waals surface area contributed by atoms with E-state index in [0.717, 1.165) is 29.5 Å². The lowest BCUT2D eigenvalue weighted by atomic mass is 9.98. The number of fused-ring (bicyclic) bond motifs is 1. The summed E-state index contributed by atoms with van der Waals surface area (Å²) in [6, 6.07) is 1.24. The topological polar surface area (TPSA) is 81.5 Å². The van der Waals surface area contributed by atoms with Crippen LogP contribution in [0.3, 0.4) is 0 Å². The molecule has 0 amide bonds. The van der Waals surface area contributed by atoms with Gasteiger partial charge in [0, 0.05) is 6.61 Å². The van der Waals surface area contributed by atoms with Crippen molar-refractivity contribution in [2.45, 2.75) is 31.5 Å². The van der Waals surface area contributed by atoms with Gasteiger partial charge in [0.1, 0.15) is 11.8 Å². The molecule has 1 unspecified atom stereocenters. The molecule has 1 saturated heterocycles. The summed E-state index contributed by atoms with van der Waals surface area (Å²) in [4.78, 5) is 18.4. The fraction of sp³-hybridized carbons (Fsp3) is 0.389. The molecule has 0 saturated carbocycles. The average molecular weight is 465 g/mol. The first-order valence-electron chi connectivity index (χ1n) is 9.13. The van der Waals surface area contributed by atoms with Crippen LogP contribution in [0.1, 0.15) is 31.1 Å². The van der Waals surface area contributed by atoms with E-state index in [1.54, 1.807) is 0 Å². The Morgan fingerprint density at radius 1 is 1.29 bits per heavy atom. The minimum absolute atomic E-state index is 0.0305. The van der Waals surface area contributed by atoms with Crippen molar-refractivity contribution in [1.29, 1.82) is 0 Å². The second-order valence-electron chi connectivity index (χ2n) is 6.86. The third-order valence-electron chi connectivity index (χ3n) is 4.63. The van der Waals surface area contributed by atoms with Crippen molar-refractivity contribution in [2.75, 3.05) is 13.2 Å². The first-order chi connectivity index (χ1) is 14.6. The molecule has 1 atom stereocenters. The van der Waals surface area contributed by atoms with Crippen molar-refractivity contribution in [3.63, 3.8) is 0 Å². The number of nitrogens with one attached hydrogen (secondary N) is 1. The maximum Gasteiger partial charge on any atom is 0.422 e. The quantitative estimate of drug-likeness (QED) is 0.462. The van der Waals surface area contributed by atoms with E-state index >= 15 is 0 Å². The monoisotopic (exact) mass is 464 g/mol. The fourth-order valence-corrected chi connectivity index (χ4v) is 3.52. The van der Waals surface area contributed by atoms with Gasteiger partial charge in [-0.15, -0.1) is 0 Å². The summed E-state index contributed by atoms with van der Waals surface area (Å²) in [5.41, 5.74) is -0.835. The molecule has 7 nitrogen and oxygen atoms in total. The fourth-order valence-electron chi connectivity index (χ4n) is 3.32. The van der Waals surface area contributed by atoms with Gasteiger partial charge < -0.3 is 9.47 Å². The third-order valence-corrected chi connectivity index (χ3v) is 4.91. The maximum atomic E-state index is 14.1. The van der Waals surface area contributed by atoms with Crippen molar-refractivity contribution in [3.8, 4) is 17.1 Å². The van der Waals surface area contributed by atoms with Crippen molar-refractivity contribution >= 4 is 17.2 Å². The number of rotatable bonds is 4. The lowest BCUT2D eigenvalue weighted by molar-refractivity contribution is -0.154. The summed E-state index contributed by atoms with van der Waals surface area (Å²) in [7, 11) is 0. The molecule has 166 valence electrons. The Hall–Kier alpha value is -2.73. The molecule has 0 spiro atoms. The van der Waals surface area contributed by atoms with Crippen LogP contribution in [0, 0.1) is 11.6 Å².